The Hall–Kier alpha value is -3.16. The minimum Gasteiger partial charge on any atom is -0.364 e. The third kappa shape index (κ3) is 3.37. The second-order valence-electron chi connectivity index (χ2n) is 4.95. The van der Waals surface area contributed by atoms with Gasteiger partial charge in [0, 0.05) is 11.9 Å². The molecule has 0 aliphatic carbocycles. The zero-order chi connectivity index (χ0) is 16.2. The molecule has 0 aliphatic rings. The number of tetrazole rings is 1. The van der Waals surface area contributed by atoms with Crippen molar-refractivity contribution in [1.82, 2.24) is 25.6 Å². The summed E-state index contributed by atoms with van der Waals surface area (Å²) >= 11 is 0. The van der Waals surface area contributed by atoms with Crippen LogP contribution in [0.4, 0.5) is 4.39 Å². The molecule has 2 aromatic heterocycles. The standard InChI is InChI=1S/C15H12FN5O2/c16-11-3-1-9(2-4-11)7-10-5-6-17-12(10)8-13(22)14(23)15-18-20-21-19-15/h1-6,17H,7-8H2,(H,18,19,20,21). The van der Waals surface area contributed by atoms with Gasteiger partial charge >= 0.3 is 0 Å². The van der Waals surface area contributed by atoms with Crippen molar-refractivity contribution in [1.29, 1.82) is 0 Å². The van der Waals surface area contributed by atoms with Crippen molar-refractivity contribution >= 4 is 11.6 Å². The molecule has 0 radical (unpaired) electrons. The van der Waals surface area contributed by atoms with Crippen LogP contribution in [0.15, 0.2) is 36.5 Å². The predicted octanol–water partition coefficient (Wildman–Crippen LogP) is 1.25. The Kier molecular flexibility index (Phi) is 4.05. The molecule has 116 valence electrons. The number of Topliss-reactive ketones (excluding diaryl/α,β-unsaturated/α-hetero) is 2. The molecule has 7 nitrogen and oxygen atoms in total. The molecule has 23 heavy (non-hydrogen) atoms. The highest BCUT2D eigenvalue weighted by Crippen LogP contribution is 2.15. The Morgan fingerprint density at radius 3 is 2.61 bits per heavy atom. The highest BCUT2D eigenvalue weighted by Gasteiger charge is 2.22. The first-order valence-corrected chi connectivity index (χ1v) is 6.84. The molecule has 0 amide bonds. The average Bonchev–Trinajstić information content (AvgIpc) is 3.21. The number of halogens is 1. The molecule has 0 bridgehead atoms. The van der Waals surface area contributed by atoms with E-state index in [4.69, 9.17) is 0 Å². The minimum absolute atomic E-state index is 0.0864. The topological polar surface area (TPSA) is 104 Å². The predicted molar refractivity (Wildman–Crippen MR) is 77.2 cm³/mol. The summed E-state index contributed by atoms with van der Waals surface area (Å²) in [5.41, 5.74) is 2.41. The summed E-state index contributed by atoms with van der Waals surface area (Å²) in [7, 11) is 0. The largest absolute Gasteiger partial charge is 0.364 e. The Morgan fingerprint density at radius 2 is 1.91 bits per heavy atom. The van der Waals surface area contributed by atoms with Gasteiger partial charge in [-0.15, -0.1) is 10.2 Å². The van der Waals surface area contributed by atoms with Gasteiger partial charge in [-0.3, -0.25) is 9.59 Å². The van der Waals surface area contributed by atoms with E-state index in [1.54, 1.807) is 18.3 Å². The van der Waals surface area contributed by atoms with Gasteiger partial charge in [0.05, 0.1) is 6.42 Å². The maximum Gasteiger partial charge on any atom is 0.269 e. The van der Waals surface area contributed by atoms with Gasteiger partial charge in [0.2, 0.25) is 11.6 Å². The molecule has 3 rings (SSSR count). The molecule has 2 heterocycles. The molecule has 0 unspecified atom stereocenters. The second kappa shape index (κ2) is 6.30. The van der Waals surface area contributed by atoms with E-state index in [9.17, 15) is 14.0 Å². The lowest BCUT2D eigenvalue weighted by molar-refractivity contribution is -0.114. The van der Waals surface area contributed by atoms with Crippen LogP contribution >= 0.6 is 0 Å². The summed E-state index contributed by atoms with van der Waals surface area (Å²) in [4.78, 5) is 26.8. The third-order valence-electron chi connectivity index (χ3n) is 3.38. The number of hydrogen-bond donors (Lipinski definition) is 2. The molecular weight excluding hydrogens is 301 g/mol. The number of nitrogens with one attached hydrogen (secondary N) is 2. The smallest absolute Gasteiger partial charge is 0.269 e. The van der Waals surface area contributed by atoms with Crippen molar-refractivity contribution in [3.8, 4) is 0 Å². The van der Waals surface area contributed by atoms with Crippen LogP contribution in [0.5, 0.6) is 0 Å². The maximum atomic E-state index is 12.9. The highest BCUT2D eigenvalue weighted by atomic mass is 19.1. The third-order valence-corrected chi connectivity index (χ3v) is 3.38. The first-order valence-electron chi connectivity index (χ1n) is 6.84. The van der Waals surface area contributed by atoms with Gasteiger partial charge in [0.15, 0.2) is 0 Å². The van der Waals surface area contributed by atoms with Crippen molar-refractivity contribution in [2.24, 2.45) is 0 Å². The number of aromatic nitrogens is 5. The van der Waals surface area contributed by atoms with Gasteiger partial charge in [-0.1, -0.05) is 12.1 Å². The first kappa shape index (κ1) is 14.8. The molecule has 0 spiro atoms. The van der Waals surface area contributed by atoms with Crippen LogP contribution in [0, 0.1) is 5.82 Å². The number of nitrogens with zero attached hydrogens (tertiary/aromatic N) is 3. The number of H-pyrrole nitrogens is 2. The molecule has 0 saturated heterocycles. The van der Waals surface area contributed by atoms with Gasteiger partial charge in [0.25, 0.3) is 5.78 Å². The van der Waals surface area contributed by atoms with Crippen molar-refractivity contribution in [2.45, 2.75) is 12.8 Å². The Balaban J connectivity index is 1.72. The van der Waals surface area contributed by atoms with Crippen LogP contribution in [0.25, 0.3) is 0 Å². The zero-order valence-corrected chi connectivity index (χ0v) is 11.9. The van der Waals surface area contributed by atoms with Crippen molar-refractivity contribution < 1.29 is 14.0 Å². The number of hydrogen-bond acceptors (Lipinski definition) is 5. The van der Waals surface area contributed by atoms with Gasteiger partial charge in [0.1, 0.15) is 5.82 Å². The van der Waals surface area contributed by atoms with E-state index in [0.717, 1.165) is 11.1 Å². The van der Waals surface area contributed by atoms with Gasteiger partial charge in [-0.05, 0) is 41.0 Å². The molecule has 8 heteroatoms. The molecule has 0 fully saturated rings. The van der Waals surface area contributed by atoms with Crippen LogP contribution in [0.3, 0.4) is 0 Å². The Morgan fingerprint density at radius 1 is 1.13 bits per heavy atom. The summed E-state index contributed by atoms with van der Waals surface area (Å²) in [5, 5.41) is 12.4. The lowest BCUT2D eigenvalue weighted by atomic mass is 10.0. The number of benzene rings is 1. The van der Waals surface area contributed by atoms with Gasteiger partial charge in [-0.2, -0.15) is 5.21 Å². The minimum atomic E-state index is -0.791. The van der Waals surface area contributed by atoms with Crippen LogP contribution in [-0.2, 0) is 17.6 Å². The van der Waals surface area contributed by atoms with Crippen molar-refractivity contribution in [2.75, 3.05) is 0 Å². The normalized spacial score (nSPS) is 10.7. The van der Waals surface area contributed by atoms with E-state index in [1.165, 1.54) is 12.1 Å². The number of carbonyl (C=O) groups is 2. The molecule has 0 saturated carbocycles. The molecular formula is C15H12FN5O2. The summed E-state index contributed by atoms with van der Waals surface area (Å²) in [6, 6.07) is 7.95. The number of rotatable bonds is 6. The lowest BCUT2D eigenvalue weighted by Crippen LogP contribution is -2.19. The number of aromatic amines is 2. The van der Waals surface area contributed by atoms with E-state index in [1.807, 2.05) is 6.07 Å². The van der Waals surface area contributed by atoms with Crippen LogP contribution in [0.1, 0.15) is 27.4 Å². The highest BCUT2D eigenvalue weighted by molar-refractivity contribution is 6.43. The Labute approximate surface area is 129 Å². The molecule has 2 N–H and O–H groups in total. The van der Waals surface area contributed by atoms with Crippen molar-refractivity contribution in [3.05, 3.63) is 65.0 Å². The molecule has 1 aromatic carbocycles. The fourth-order valence-electron chi connectivity index (χ4n) is 2.21. The van der Waals surface area contributed by atoms with E-state index in [2.05, 4.69) is 25.6 Å². The quantitative estimate of drug-likeness (QED) is 0.526. The van der Waals surface area contributed by atoms with Gasteiger partial charge < -0.3 is 4.98 Å². The van der Waals surface area contributed by atoms with E-state index < -0.39 is 11.6 Å². The first-order chi connectivity index (χ1) is 11.1. The lowest BCUT2D eigenvalue weighted by Gasteiger charge is -2.04. The van der Waals surface area contributed by atoms with Crippen LogP contribution in [-0.4, -0.2) is 37.2 Å². The van der Waals surface area contributed by atoms with Crippen molar-refractivity contribution in [3.63, 3.8) is 0 Å². The molecule has 0 aliphatic heterocycles. The monoisotopic (exact) mass is 313 g/mol. The van der Waals surface area contributed by atoms with Gasteiger partial charge in [-0.25, -0.2) is 4.39 Å². The van der Waals surface area contributed by atoms with E-state index >= 15 is 0 Å². The molecule has 3 aromatic rings. The second-order valence-corrected chi connectivity index (χ2v) is 4.95. The summed E-state index contributed by atoms with van der Waals surface area (Å²) < 4.78 is 12.9. The number of carbonyl (C=O) groups excluding carboxylic acids is 2. The fourth-order valence-corrected chi connectivity index (χ4v) is 2.21. The summed E-state index contributed by atoms with van der Waals surface area (Å²) in [5.74, 6) is -1.97. The Bertz CT molecular complexity index is 824. The van der Waals surface area contributed by atoms with E-state index in [-0.39, 0.29) is 18.1 Å². The van der Waals surface area contributed by atoms with Crippen LogP contribution in [0.2, 0.25) is 0 Å². The SMILES string of the molecule is O=C(Cc1[nH]ccc1Cc1ccc(F)cc1)C(=O)c1nn[nH]n1. The maximum absolute atomic E-state index is 12.9. The van der Waals surface area contributed by atoms with E-state index in [0.29, 0.717) is 12.1 Å². The zero-order valence-electron chi connectivity index (χ0n) is 11.9. The summed E-state index contributed by atoms with van der Waals surface area (Å²) in [6.45, 7) is 0. The number of ketones is 2. The fraction of sp³-hybridized carbons (Fsp3) is 0.133. The summed E-state index contributed by atoms with van der Waals surface area (Å²) in [6.07, 6.45) is 2.14. The molecule has 0 atom stereocenters. The van der Waals surface area contributed by atoms with Crippen LogP contribution < -0.4 is 0 Å². The average molecular weight is 313 g/mol.